The van der Waals surface area contributed by atoms with Crippen LogP contribution in [0.4, 0.5) is 0 Å². The van der Waals surface area contributed by atoms with Gasteiger partial charge in [-0.25, -0.2) is 9.97 Å². The molecule has 3 aromatic heterocycles. The molecule has 0 atom stereocenters. The molecule has 0 aliphatic heterocycles. The molecule has 0 radical (unpaired) electrons. The van der Waals surface area contributed by atoms with Crippen LogP contribution in [0.5, 0.6) is 5.75 Å². The first-order chi connectivity index (χ1) is 12.7. The number of oxazole rings is 1. The smallest absolute Gasteiger partial charge is 0.247 e. The van der Waals surface area contributed by atoms with Crippen LogP contribution in [-0.4, -0.2) is 28.7 Å². The molecular formula is C20H19N3O3. The Hall–Kier alpha value is -3.41. The Balaban J connectivity index is 1.69. The van der Waals surface area contributed by atoms with Gasteiger partial charge in [0.2, 0.25) is 11.6 Å². The van der Waals surface area contributed by atoms with Crippen molar-refractivity contribution in [3.63, 3.8) is 0 Å². The van der Waals surface area contributed by atoms with E-state index in [1.165, 1.54) is 0 Å². The van der Waals surface area contributed by atoms with E-state index in [0.29, 0.717) is 29.5 Å². The van der Waals surface area contributed by atoms with Crippen molar-refractivity contribution in [1.82, 2.24) is 15.0 Å². The maximum atomic E-state index is 5.72. The van der Waals surface area contributed by atoms with Gasteiger partial charge in [-0.3, -0.25) is 4.98 Å². The van der Waals surface area contributed by atoms with Gasteiger partial charge in [-0.15, -0.1) is 0 Å². The van der Waals surface area contributed by atoms with E-state index in [2.05, 4.69) is 21.5 Å². The number of fused-ring (bicyclic) bond motifs is 1. The van der Waals surface area contributed by atoms with Crippen LogP contribution in [0.25, 0.3) is 22.7 Å². The number of pyridine rings is 2. The molecule has 0 aliphatic carbocycles. The van der Waals surface area contributed by atoms with Crippen molar-refractivity contribution < 1.29 is 13.9 Å². The molecule has 3 aromatic rings. The lowest BCUT2D eigenvalue weighted by atomic mass is 10.2. The van der Waals surface area contributed by atoms with E-state index in [1.807, 2.05) is 37.3 Å². The van der Waals surface area contributed by atoms with Crippen LogP contribution >= 0.6 is 0 Å². The van der Waals surface area contributed by atoms with E-state index in [9.17, 15) is 0 Å². The van der Waals surface area contributed by atoms with Gasteiger partial charge >= 0.3 is 0 Å². The summed E-state index contributed by atoms with van der Waals surface area (Å²) >= 11 is 0. The number of hydrogen-bond donors (Lipinski definition) is 0. The summed E-state index contributed by atoms with van der Waals surface area (Å²) in [5.74, 6) is 1.83. The molecule has 0 saturated carbocycles. The van der Waals surface area contributed by atoms with Gasteiger partial charge in [-0.2, -0.15) is 0 Å². The summed E-state index contributed by atoms with van der Waals surface area (Å²) in [6.45, 7) is 6.20. The Morgan fingerprint density at radius 3 is 2.92 bits per heavy atom. The molecule has 0 unspecified atom stereocenters. The summed E-state index contributed by atoms with van der Waals surface area (Å²) < 4.78 is 16.5. The van der Waals surface area contributed by atoms with Crippen molar-refractivity contribution in [2.75, 3.05) is 13.7 Å². The number of allylic oxidation sites excluding steroid dienone is 2. The molecule has 3 heterocycles. The van der Waals surface area contributed by atoms with Crippen LogP contribution in [0.15, 0.2) is 77.3 Å². The quantitative estimate of drug-likeness (QED) is 0.467. The highest BCUT2D eigenvalue weighted by molar-refractivity contribution is 5.73. The summed E-state index contributed by atoms with van der Waals surface area (Å²) in [5.41, 5.74) is 2.67. The minimum absolute atomic E-state index is 0.331. The number of aromatic nitrogens is 3. The minimum atomic E-state index is 0.331. The van der Waals surface area contributed by atoms with Crippen LogP contribution in [0.3, 0.4) is 0 Å². The summed E-state index contributed by atoms with van der Waals surface area (Å²) in [6.07, 6.45) is 10.5. The van der Waals surface area contributed by atoms with Gasteiger partial charge in [0.1, 0.15) is 23.6 Å². The fraction of sp³-hybridized carbons (Fsp3) is 0.150. The molecule has 0 spiro atoms. The number of hydrogen-bond acceptors (Lipinski definition) is 6. The van der Waals surface area contributed by atoms with Crippen LogP contribution in [0.2, 0.25) is 0 Å². The third-order valence-corrected chi connectivity index (χ3v) is 3.56. The predicted octanol–water partition coefficient (Wildman–Crippen LogP) is 4.33. The second kappa shape index (κ2) is 8.11. The van der Waals surface area contributed by atoms with Gasteiger partial charge in [-0.05, 0) is 36.8 Å². The predicted molar refractivity (Wildman–Crippen MR) is 99.6 cm³/mol. The zero-order chi connectivity index (χ0) is 18.4. The zero-order valence-electron chi connectivity index (χ0n) is 14.7. The molecule has 0 aliphatic rings. The molecule has 0 bridgehead atoms. The zero-order valence-corrected chi connectivity index (χ0v) is 14.7. The van der Waals surface area contributed by atoms with Crippen molar-refractivity contribution in [3.05, 3.63) is 72.9 Å². The van der Waals surface area contributed by atoms with Crippen molar-refractivity contribution in [1.29, 1.82) is 0 Å². The Kier molecular flexibility index (Phi) is 5.43. The summed E-state index contributed by atoms with van der Waals surface area (Å²) in [5, 5.41) is 0. The standard InChI is InChI=1S/C20H19N3O3/c1-4-16(24-3)8-7-14(2)13-25-17-10-18-20(22-12-17)26-19(23-18)15-6-5-9-21-11-15/h4-12H,2,13H2,1,3H3/b8-7-,16-4+. The lowest BCUT2D eigenvalue weighted by Gasteiger charge is -2.05. The Morgan fingerprint density at radius 2 is 2.19 bits per heavy atom. The van der Waals surface area contributed by atoms with Crippen molar-refractivity contribution in [2.45, 2.75) is 6.92 Å². The Morgan fingerprint density at radius 1 is 1.31 bits per heavy atom. The molecule has 6 heteroatoms. The summed E-state index contributed by atoms with van der Waals surface area (Å²) in [7, 11) is 1.62. The second-order valence-electron chi connectivity index (χ2n) is 5.43. The first-order valence-electron chi connectivity index (χ1n) is 8.05. The van der Waals surface area contributed by atoms with Crippen molar-refractivity contribution in [2.24, 2.45) is 0 Å². The van der Waals surface area contributed by atoms with Gasteiger partial charge in [0.15, 0.2) is 0 Å². The van der Waals surface area contributed by atoms with Gasteiger partial charge in [0, 0.05) is 18.5 Å². The molecule has 3 rings (SSSR count). The van der Waals surface area contributed by atoms with E-state index < -0.39 is 0 Å². The van der Waals surface area contributed by atoms with E-state index in [0.717, 1.165) is 16.9 Å². The topological polar surface area (TPSA) is 70.3 Å². The van der Waals surface area contributed by atoms with Gasteiger partial charge in [-0.1, -0.05) is 12.7 Å². The number of nitrogens with zero attached hydrogens (tertiary/aromatic N) is 3. The fourth-order valence-electron chi connectivity index (χ4n) is 2.20. The average Bonchev–Trinajstić information content (AvgIpc) is 3.11. The molecule has 0 fully saturated rings. The lowest BCUT2D eigenvalue weighted by Crippen LogP contribution is -1.99. The molecular weight excluding hydrogens is 330 g/mol. The Bertz CT molecular complexity index is 959. The SMILES string of the molecule is C=C(/C=C\C(=C/C)OC)COc1cnc2oc(-c3cccnc3)nc2c1. The maximum Gasteiger partial charge on any atom is 0.247 e. The Labute approximate surface area is 151 Å². The highest BCUT2D eigenvalue weighted by atomic mass is 16.5. The first kappa shape index (κ1) is 17.4. The van der Waals surface area contributed by atoms with Gasteiger partial charge in [0.25, 0.3) is 0 Å². The van der Waals surface area contributed by atoms with E-state index in [4.69, 9.17) is 13.9 Å². The number of methoxy groups -OCH3 is 1. The van der Waals surface area contributed by atoms with Crippen LogP contribution in [-0.2, 0) is 4.74 Å². The maximum absolute atomic E-state index is 5.72. The van der Waals surface area contributed by atoms with Crippen molar-refractivity contribution >= 4 is 11.2 Å². The van der Waals surface area contributed by atoms with Crippen LogP contribution in [0, 0.1) is 0 Å². The molecule has 0 saturated heterocycles. The molecule has 132 valence electrons. The molecule has 0 amide bonds. The van der Waals surface area contributed by atoms with E-state index in [-0.39, 0.29) is 0 Å². The summed E-state index contributed by atoms with van der Waals surface area (Å²) in [6, 6.07) is 5.49. The van der Waals surface area contributed by atoms with Gasteiger partial charge < -0.3 is 13.9 Å². The fourth-order valence-corrected chi connectivity index (χ4v) is 2.20. The van der Waals surface area contributed by atoms with Crippen molar-refractivity contribution in [3.8, 4) is 17.2 Å². The third kappa shape index (κ3) is 4.16. The number of rotatable bonds is 7. The van der Waals surface area contributed by atoms with Crippen LogP contribution < -0.4 is 4.74 Å². The molecule has 26 heavy (non-hydrogen) atoms. The van der Waals surface area contributed by atoms with Crippen LogP contribution in [0.1, 0.15) is 6.92 Å². The largest absolute Gasteiger partial charge is 0.497 e. The highest BCUT2D eigenvalue weighted by Crippen LogP contribution is 2.24. The first-order valence-corrected chi connectivity index (χ1v) is 8.05. The minimum Gasteiger partial charge on any atom is -0.497 e. The number of ether oxygens (including phenoxy) is 2. The summed E-state index contributed by atoms with van der Waals surface area (Å²) in [4.78, 5) is 12.8. The normalized spacial score (nSPS) is 11.8. The second-order valence-corrected chi connectivity index (χ2v) is 5.43. The lowest BCUT2D eigenvalue weighted by molar-refractivity contribution is 0.306. The monoisotopic (exact) mass is 349 g/mol. The molecule has 0 N–H and O–H groups in total. The van der Waals surface area contributed by atoms with E-state index in [1.54, 1.807) is 31.8 Å². The highest BCUT2D eigenvalue weighted by Gasteiger charge is 2.10. The molecule has 0 aromatic carbocycles. The van der Waals surface area contributed by atoms with Gasteiger partial charge in [0.05, 0.1) is 18.9 Å². The third-order valence-electron chi connectivity index (χ3n) is 3.56. The van der Waals surface area contributed by atoms with E-state index >= 15 is 0 Å². The molecule has 6 nitrogen and oxygen atoms in total. The average molecular weight is 349 g/mol.